The third kappa shape index (κ3) is 4.46. The van der Waals surface area contributed by atoms with E-state index in [1.165, 1.54) is 13.2 Å². The average molecular weight is 318 g/mol. The maximum Gasteiger partial charge on any atom is 0.273 e. The zero-order valence-electron chi connectivity index (χ0n) is 12.0. The van der Waals surface area contributed by atoms with Gasteiger partial charge in [0.1, 0.15) is 0 Å². The van der Waals surface area contributed by atoms with Gasteiger partial charge in [0.05, 0.1) is 22.5 Å². The van der Waals surface area contributed by atoms with E-state index in [0.717, 1.165) is 6.07 Å². The number of hydrogen-bond donors (Lipinski definition) is 2. The number of aryl methyl sites for hydroxylation is 1. The summed E-state index contributed by atoms with van der Waals surface area (Å²) < 4.78 is 31.1. The molecule has 0 aromatic heterocycles. The molecule has 0 bridgehead atoms. The van der Waals surface area contributed by atoms with E-state index < -0.39 is 21.1 Å². The van der Waals surface area contributed by atoms with Crippen LogP contribution in [-0.2, 0) is 14.8 Å². The average Bonchev–Trinajstić information content (AvgIpc) is 2.39. The van der Waals surface area contributed by atoms with Gasteiger partial charge in [-0.25, -0.2) is 13.1 Å². The first kappa shape index (κ1) is 17.5. The van der Waals surface area contributed by atoms with Crippen molar-refractivity contribution in [3.05, 3.63) is 33.4 Å². The molecule has 8 nitrogen and oxygen atoms in total. The molecule has 0 aliphatic carbocycles. The van der Waals surface area contributed by atoms with Crippen LogP contribution >= 0.6 is 0 Å². The summed E-state index contributed by atoms with van der Waals surface area (Å²) in [6, 6.07) is 2.36. The highest BCUT2D eigenvalue weighted by Gasteiger charge is 2.22. The molecule has 0 fully saturated rings. The van der Waals surface area contributed by atoms with E-state index in [2.05, 4.69) is 9.46 Å². The summed E-state index contributed by atoms with van der Waals surface area (Å²) in [5.74, 6) is 0. The predicted octanol–water partition coefficient (Wildman–Crippen LogP) is 0.497. The number of benzene rings is 1. The molecule has 0 radical (unpaired) electrons. The first-order valence-electron chi connectivity index (χ1n) is 6.11. The molecule has 0 spiro atoms. The molecule has 0 heterocycles. The molecule has 1 rings (SSSR count). The van der Waals surface area contributed by atoms with Crippen LogP contribution in [0.15, 0.2) is 17.0 Å². The van der Waals surface area contributed by atoms with Crippen LogP contribution < -0.4 is 4.72 Å². The van der Waals surface area contributed by atoms with Crippen molar-refractivity contribution < 1.29 is 23.2 Å². The fourth-order valence-electron chi connectivity index (χ4n) is 1.69. The minimum absolute atomic E-state index is 0.0183. The molecular weight excluding hydrogens is 300 g/mol. The lowest BCUT2D eigenvalue weighted by atomic mass is 10.1. The minimum Gasteiger partial charge on any atom is -0.389 e. The summed E-state index contributed by atoms with van der Waals surface area (Å²) in [7, 11) is -2.56. The molecule has 1 unspecified atom stereocenters. The number of aliphatic hydroxyl groups is 1. The molecule has 118 valence electrons. The normalized spacial score (nSPS) is 13.1. The number of nitro groups is 1. The van der Waals surface area contributed by atoms with Gasteiger partial charge in [-0.05, 0) is 25.5 Å². The smallest absolute Gasteiger partial charge is 0.273 e. The maximum absolute atomic E-state index is 12.1. The molecule has 0 saturated heterocycles. The molecule has 0 saturated carbocycles. The van der Waals surface area contributed by atoms with Gasteiger partial charge in [-0.15, -0.1) is 0 Å². The Kier molecular flexibility index (Phi) is 5.78. The van der Waals surface area contributed by atoms with Crippen molar-refractivity contribution in [1.29, 1.82) is 0 Å². The summed E-state index contributed by atoms with van der Waals surface area (Å²) in [4.78, 5) is 10.1. The van der Waals surface area contributed by atoms with Crippen LogP contribution in [0.25, 0.3) is 0 Å². The second-order valence-corrected chi connectivity index (χ2v) is 6.37. The van der Waals surface area contributed by atoms with Gasteiger partial charge in [0, 0.05) is 25.3 Å². The molecule has 0 aliphatic heterocycles. The number of rotatable bonds is 7. The van der Waals surface area contributed by atoms with Gasteiger partial charge < -0.3 is 9.84 Å². The van der Waals surface area contributed by atoms with E-state index in [9.17, 15) is 23.6 Å². The monoisotopic (exact) mass is 318 g/mol. The summed E-state index contributed by atoms with van der Waals surface area (Å²) in [6.45, 7) is 2.90. The van der Waals surface area contributed by atoms with Crippen molar-refractivity contribution in [3.63, 3.8) is 0 Å². The fraction of sp³-hybridized carbons (Fsp3) is 0.500. The van der Waals surface area contributed by atoms with Gasteiger partial charge >= 0.3 is 0 Å². The predicted molar refractivity (Wildman–Crippen MR) is 75.6 cm³/mol. The second-order valence-electron chi connectivity index (χ2n) is 4.60. The fourth-order valence-corrected chi connectivity index (χ4v) is 2.87. The highest BCUT2D eigenvalue weighted by atomic mass is 32.2. The molecule has 0 amide bonds. The molecule has 1 aromatic carbocycles. The summed E-state index contributed by atoms with van der Waals surface area (Å²) in [6.07, 6.45) is -0.994. The van der Waals surface area contributed by atoms with Crippen LogP contribution in [0.4, 0.5) is 5.69 Å². The van der Waals surface area contributed by atoms with Crippen LogP contribution in [0.2, 0.25) is 0 Å². The van der Waals surface area contributed by atoms with Crippen LogP contribution in [0.5, 0.6) is 0 Å². The Hall–Kier alpha value is -1.55. The Labute approximate surface area is 122 Å². The largest absolute Gasteiger partial charge is 0.389 e. The Balaban J connectivity index is 3.06. The van der Waals surface area contributed by atoms with Crippen molar-refractivity contribution in [1.82, 2.24) is 4.72 Å². The van der Waals surface area contributed by atoms with Crippen LogP contribution in [-0.4, -0.2) is 44.8 Å². The van der Waals surface area contributed by atoms with E-state index in [1.54, 1.807) is 13.8 Å². The Bertz CT molecular complexity index is 629. The summed E-state index contributed by atoms with van der Waals surface area (Å²) >= 11 is 0. The van der Waals surface area contributed by atoms with Crippen molar-refractivity contribution in [2.75, 3.05) is 20.3 Å². The third-order valence-corrected chi connectivity index (χ3v) is 4.39. The zero-order chi connectivity index (χ0) is 16.2. The van der Waals surface area contributed by atoms with E-state index in [4.69, 9.17) is 0 Å². The molecule has 21 heavy (non-hydrogen) atoms. The number of nitro benzene ring substituents is 1. The second kappa shape index (κ2) is 6.94. The SMILES string of the molecule is COCC(O)CNS(=O)(=O)c1cc(C)c(C)c([N+](=O)[O-])c1. The lowest BCUT2D eigenvalue weighted by Gasteiger charge is -2.12. The van der Waals surface area contributed by atoms with Gasteiger partial charge in [0.2, 0.25) is 10.0 Å². The standard InChI is InChI=1S/C12H18N2O6S/c1-8-4-11(5-12(9(8)2)14(16)17)21(18,19)13-6-10(15)7-20-3/h4-5,10,13,15H,6-7H2,1-3H3. The van der Waals surface area contributed by atoms with Gasteiger partial charge in [-0.1, -0.05) is 0 Å². The van der Waals surface area contributed by atoms with E-state index >= 15 is 0 Å². The number of ether oxygens (including phenoxy) is 1. The number of methoxy groups -OCH3 is 1. The Morgan fingerprint density at radius 2 is 2.05 bits per heavy atom. The van der Waals surface area contributed by atoms with Crippen molar-refractivity contribution in [3.8, 4) is 0 Å². The van der Waals surface area contributed by atoms with E-state index in [0.29, 0.717) is 11.1 Å². The lowest BCUT2D eigenvalue weighted by Crippen LogP contribution is -2.34. The van der Waals surface area contributed by atoms with Gasteiger partial charge in [-0.3, -0.25) is 10.1 Å². The first-order chi connectivity index (χ1) is 9.69. The number of nitrogens with one attached hydrogen (secondary N) is 1. The van der Waals surface area contributed by atoms with Gasteiger partial charge in [0.15, 0.2) is 0 Å². The van der Waals surface area contributed by atoms with E-state index in [-0.39, 0.29) is 23.7 Å². The van der Waals surface area contributed by atoms with Crippen molar-refractivity contribution >= 4 is 15.7 Å². The van der Waals surface area contributed by atoms with Crippen LogP contribution in [0.3, 0.4) is 0 Å². The van der Waals surface area contributed by atoms with Gasteiger partial charge in [-0.2, -0.15) is 0 Å². The molecule has 9 heteroatoms. The number of aliphatic hydroxyl groups excluding tert-OH is 1. The van der Waals surface area contributed by atoms with Gasteiger partial charge in [0.25, 0.3) is 5.69 Å². The van der Waals surface area contributed by atoms with Crippen molar-refractivity contribution in [2.45, 2.75) is 24.8 Å². The third-order valence-electron chi connectivity index (χ3n) is 2.99. The number of hydrogen-bond acceptors (Lipinski definition) is 6. The zero-order valence-corrected chi connectivity index (χ0v) is 12.8. The molecule has 2 N–H and O–H groups in total. The molecule has 1 aromatic rings. The lowest BCUT2D eigenvalue weighted by molar-refractivity contribution is -0.385. The highest BCUT2D eigenvalue weighted by Crippen LogP contribution is 2.25. The Morgan fingerprint density at radius 3 is 2.57 bits per heavy atom. The number of sulfonamides is 1. The molecular formula is C12H18N2O6S. The quantitative estimate of drug-likeness (QED) is 0.558. The summed E-state index contributed by atoms with van der Waals surface area (Å²) in [5.41, 5.74) is 0.660. The topological polar surface area (TPSA) is 119 Å². The Morgan fingerprint density at radius 1 is 1.43 bits per heavy atom. The number of nitrogens with zero attached hydrogens (tertiary/aromatic N) is 1. The maximum atomic E-state index is 12.1. The first-order valence-corrected chi connectivity index (χ1v) is 7.59. The summed E-state index contributed by atoms with van der Waals surface area (Å²) in [5, 5.41) is 20.4. The van der Waals surface area contributed by atoms with Crippen LogP contribution in [0.1, 0.15) is 11.1 Å². The van der Waals surface area contributed by atoms with Crippen LogP contribution in [0, 0.1) is 24.0 Å². The van der Waals surface area contributed by atoms with E-state index in [1.807, 2.05) is 0 Å². The minimum atomic E-state index is -3.94. The highest BCUT2D eigenvalue weighted by molar-refractivity contribution is 7.89. The van der Waals surface area contributed by atoms with Crippen molar-refractivity contribution in [2.24, 2.45) is 0 Å². The molecule has 0 aliphatic rings. The molecule has 1 atom stereocenters.